The Morgan fingerprint density at radius 1 is 1.12 bits per heavy atom. The van der Waals surface area contributed by atoms with Gasteiger partial charge >= 0.3 is 0 Å². The number of anilines is 1. The molecule has 0 aliphatic carbocycles. The second kappa shape index (κ2) is 8.91. The highest BCUT2D eigenvalue weighted by Crippen LogP contribution is 2.13. The lowest BCUT2D eigenvalue weighted by atomic mass is 10.0. The van der Waals surface area contributed by atoms with Crippen LogP contribution >= 0.6 is 0 Å². The number of carbonyl (C=O) groups is 2. The Balaban J connectivity index is 1.94. The van der Waals surface area contributed by atoms with Gasteiger partial charge in [0, 0.05) is 36.7 Å². The van der Waals surface area contributed by atoms with E-state index in [2.05, 4.69) is 15.6 Å². The van der Waals surface area contributed by atoms with Gasteiger partial charge in [-0.05, 0) is 43.9 Å². The number of amides is 2. The Kier molecular flexibility index (Phi) is 6.62. The Hall–Kier alpha value is -2.77. The minimum atomic E-state index is -0.764. The molecule has 132 valence electrons. The van der Waals surface area contributed by atoms with Gasteiger partial charge in [0.15, 0.2) is 0 Å². The number of carbonyl (C=O) groups excluding carboxylic acids is 2. The van der Waals surface area contributed by atoms with E-state index in [0.29, 0.717) is 23.4 Å². The van der Waals surface area contributed by atoms with Crippen LogP contribution in [0.3, 0.4) is 0 Å². The third kappa shape index (κ3) is 5.66. The second-order valence-corrected chi connectivity index (χ2v) is 5.88. The van der Waals surface area contributed by atoms with Gasteiger partial charge in [-0.2, -0.15) is 0 Å². The highest BCUT2D eigenvalue weighted by atomic mass is 16.2. The highest BCUT2D eigenvalue weighted by Gasteiger charge is 2.16. The first-order valence-corrected chi connectivity index (χ1v) is 7.96. The van der Waals surface area contributed by atoms with Crippen molar-refractivity contribution < 1.29 is 9.59 Å². The molecule has 0 aliphatic heterocycles. The Morgan fingerprint density at radius 2 is 1.76 bits per heavy atom. The molecule has 0 saturated carbocycles. The molecule has 7 nitrogen and oxygen atoms in total. The molecule has 25 heavy (non-hydrogen) atoms. The van der Waals surface area contributed by atoms with Crippen LogP contribution in [0.1, 0.15) is 22.0 Å². The van der Waals surface area contributed by atoms with Crippen molar-refractivity contribution in [2.45, 2.75) is 6.04 Å². The maximum Gasteiger partial charge on any atom is 0.255 e. The van der Waals surface area contributed by atoms with E-state index in [1.165, 1.54) is 0 Å². The van der Waals surface area contributed by atoms with Crippen LogP contribution in [-0.2, 0) is 4.79 Å². The summed E-state index contributed by atoms with van der Waals surface area (Å²) < 4.78 is 0. The van der Waals surface area contributed by atoms with E-state index in [0.717, 1.165) is 6.54 Å². The number of rotatable bonds is 7. The molecule has 2 aromatic rings. The fourth-order valence-electron chi connectivity index (χ4n) is 2.14. The van der Waals surface area contributed by atoms with Crippen molar-refractivity contribution >= 4 is 17.5 Å². The molecule has 1 aromatic carbocycles. The molecule has 2 amide bonds. The van der Waals surface area contributed by atoms with Gasteiger partial charge in [0.1, 0.15) is 6.04 Å². The summed E-state index contributed by atoms with van der Waals surface area (Å²) in [5.74, 6) is -0.474. The van der Waals surface area contributed by atoms with Gasteiger partial charge in [0.25, 0.3) is 5.91 Å². The number of pyridine rings is 1. The molecule has 2 rings (SSSR count). The van der Waals surface area contributed by atoms with E-state index in [1.807, 2.05) is 19.0 Å². The standard InChI is InChI=1S/C18H23N5O2/c1-23(2)12-11-21-18(25)16(19)13-3-5-14(6-4-13)17(24)22-15-7-9-20-10-8-15/h3-10,16H,11-12,19H2,1-2H3,(H,21,25)(H,20,22,24). The SMILES string of the molecule is CN(C)CCNC(=O)C(N)c1ccc(C(=O)Nc2ccncc2)cc1. The number of benzene rings is 1. The second-order valence-electron chi connectivity index (χ2n) is 5.88. The molecule has 0 bridgehead atoms. The minimum Gasteiger partial charge on any atom is -0.353 e. The first-order chi connectivity index (χ1) is 12.0. The number of nitrogens with zero attached hydrogens (tertiary/aromatic N) is 2. The highest BCUT2D eigenvalue weighted by molar-refractivity contribution is 6.04. The van der Waals surface area contributed by atoms with E-state index in [-0.39, 0.29) is 11.8 Å². The van der Waals surface area contributed by atoms with Crippen LogP contribution < -0.4 is 16.4 Å². The summed E-state index contributed by atoms with van der Waals surface area (Å²) in [6.07, 6.45) is 3.21. The molecule has 1 aromatic heterocycles. The number of aromatic nitrogens is 1. The lowest BCUT2D eigenvalue weighted by molar-refractivity contribution is -0.122. The molecule has 1 atom stereocenters. The summed E-state index contributed by atoms with van der Waals surface area (Å²) in [6.45, 7) is 1.28. The zero-order valence-corrected chi connectivity index (χ0v) is 14.4. The number of hydrogen-bond acceptors (Lipinski definition) is 5. The van der Waals surface area contributed by atoms with Crippen LogP contribution in [0, 0.1) is 0 Å². The average Bonchev–Trinajstić information content (AvgIpc) is 2.61. The third-order valence-electron chi connectivity index (χ3n) is 3.61. The molecule has 4 N–H and O–H groups in total. The Morgan fingerprint density at radius 3 is 2.36 bits per heavy atom. The van der Waals surface area contributed by atoms with Gasteiger partial charge in [0.2, 0.25) is 5.91 Å². The predicted molar refractivity (Wildman–Crippen MR) is 97.1 cm³/mol. The molecule has 7 heteroatoms. The van der Waals surface area contributed by atoms with Gasteiger partial charge < -0.3 is 21.3 Å². The zero-order chi connectivity index (χ0) is 18.2. The number of nitrogens with two attached hydrogens (primary N) is 1. The number of nitrogens with one attached hydrogen (secondary N) is 2. The lowest BCUT2D eigenvalue weighted by Gasteiger charge is -2.15. The van der Waals surface area contributed by atoms with Gasteiger partial charge in [-0.1, -0.05) is 12.1 Å². The molecule has 0 radical (unpaired) electrons. The van der Waals surface area contributed by atoms with E-state index in [1.54, 1.807) is 48.8 Å². The van der Waals surface area contributed by atoms with Crippen LogP contribution in [0.25, 0.3) is 0 Å². The molecule has 0 spiro atoms. The molecular formula is C18H23N5O2. The monoisotopic (exact) mass is 341 g/mol. The van der Waals surface area contributed by atoms with Crippen LogP contribution in [0.2, 0.25) is 0 Å². The molecule has 0 aliphatic rings. The van der Waals surface area contributed by atoms with Crippen LogP contribution in [-0.4, -0.2) is 48.9 Å². The topological polar surface area (TPSA) is 100 Å². The first-order valence-electron chi connectivity index (χ1n) is 7.96. The smallest absolute Gasteiger partial charge is 0.255 e. The zero-order valence-electron chi connectivity index (χ0n) is 14.4. The van der Waals surface area contributed by atoms with Gasteiger partial charge in [-0.3, -0.25) is 14.6 Å². The fraction of sp³-hybridized carbons (Fsp3) is 0.278. The van der Waals surface area contributed by atoms with Crippen molar-refractivity contribution in [3.63, 3.8) is 0 Å². The van der Waals surface area contributed by atoms with Crippen LogP contribution in [0.4, 0.5) is 5.69 Å². The summed E-state index contributed by atoms with van der Waals surface area (Å²) in [7, 11) is 3.86. The lowest BCUT2D eigenvalue weighted by Crippen LogP contribution is -2.37. The number of hydrogen-bond donors (Lipinski definition) is 3. The summed E-state index contributed by atoms with van der Waals surface area (Å²) in [5.41, 5.74) is 7.78. The molecule has 1 unspecified atom stereocenters. The van der Waals surface area contributed by atoms with Crippen molar-refractivity contribution in [1.82, 2.24) is 15.2 Å². The summed E-state index contributed by atoms with van der Waals surface area (Å²) in [4.78, 5) is 30.1. The van der Waals surface area contributed by atoms with E-state index in [4.69, 9.17) is 5.73 Å². The summed E-state index contributed by atoms with van der Waals surface area (Å²) >= 11 is 0. The van der Waals surface area contributed by atoms with Crippen molar-refractivity contribution in [3.8, 4) is 0 Å². The van der Waals surface area contributed by atoms with Gasteiger partial charge in [0.05, 0.1) is 0 Å². The van der Waals surface area contributed by atoms with Gasteiger partial charge in [-0.25, -0.2) is 0 Å². The minimum absolute atomic E-state index is 0.234. The van der Waals surface area contributed by atoms with E-state index >= 15 is 0 Å². The predicted octanol–water partition coefficient (Wildman–Crippen LogP) is 1.01. The summed E-state index contributed by atoms with van der Waals surface area (Å²) in [5, 5.41) is 5.57. The van der Waals surface area contributed by atoms with Crippen molar-refractivity contribution in [1.29, 1.82) is 0 Å². The Bertz CT molecular complexity index is 701. The first kappa shape index (κ1) is 18.6. The van der Waals surface area contributed by atoms with Crippen molar-refractivity contribution in [2.24, 2.45) is 5.73 Å². The third-order valence-corrected chi connectivity index (χ3v) is 3.61. The largest absolute Gasteiger partial charge is 0.353 e. The van der Waals surface area contributed by atoms with Crippen molar-refractivity contribution in [2.75, 3.05) is 32.5 Å². The Labute approximate surface area is 147 Å². The maximum atomic E-state index is 12.2. The normalized spacial score (nSPS) is 11.8. The molecule has 0 fully saturated rings. The van der Waals surface area contributed by atoms with Crippen LogP contribution in [0.5, 0.6) is 0 Å². The average molecular weight is 341 g/mol. The van der Waals surface area contributed by atoms with Crippen LogP contribution in [0.15, 0.2) is 48.8 Å². The van der Waals surface area contributed by atoms with E-state index < -0.39 is 6.04 Å². The fourth-order valence-corrected chi connectivity index (χ4v) is 2.14. The van der Waals surface area contributed by atoms with Gasteiger partial charge in [-0.15, -0.1) is 0 Å². The summed E-state index contributed by atoms with van der Waals surface area (Å²) in [6, 6.07) is 9.34. The molecule has 0 saturated heterocycles. The van der Waals surface area contributed by atoms with Crippen molar-refractivity contribution in [3.05, 3.63) is 59.9 Å². The molecule has 1 heterocycles. The number of likely N-dealkylation sites (N-methyl/N-ethyl adjacent to an activating group) is 1. The maximum absolute atomic E-state index is 12.2. The quantitative estimate of drug-likeness (QED) is 0.698. The molecular weight excluding hydrogens is 318 g/mol. The van der Waals surface area contributed by atoms with E-state index in [9.17, 15) is 9.59 Å².